The zero-order chi connectivity index (χ0) is 4.83. The van der Waals surface area contributed by atoms with Gasteiger partial charge in [0.15, 0.2) is 0 Å². The van der Waals surface area contributed by atoms with E-state index in [0.717, 1.165) is 0 Å². The molecule has 0 aliphatic heterocycles. The highest BCUT2D eigenvalue weighted by Crippen LogP contribution is 2.01. The molecule has 0 unspecified atom stereocenters. The molecule has 1 aliphatic carbocycles. The third kappa shape index (κ3) is 5.74. The summed E-state index contributed by atoms with van der Waals surface area (Å²) >= 11 is 0. The van der Waals surface area contributed by atoms with E-state index in [4.69, 9.17) is 0 Å². The van der Waals surface area contributed by atoms with E-state index in [-0.39, 0.29) is 7.43 Å². The fraction of sp³-hybridized carbons (Fsp3) is 0.714. The second-order valence-corrected chi connectivity index (χ2v) is 1.05. The first kappa shape index (κ1) is 9.88. The average Bonchev–Trinajstić information content (AvgIpc) is 1.36. The summed E-state index contributed by atoms with van der Waals surface area (Å²) in [7, 11) is 0. The highest BCUT2D eigenvalue weighted by Gasteiger charge is 1.81. The fourth-order valence-corrected chi connectivity index (χ4v) is 0.167. The van der Waals surface area contributed by atoms with Crippen LogP contribution in [0.15, 0.2) is 12.2 Å². The van der Waals surface area contributed by atoms with Crippen LogP contribution in [0, 0.1) is 0 Å². The van der Waals surface area contributed by atoms with Crippen molar-refractivity contribution in [2.75, 3.05) is 0 Å². The Hall–Kier alpha value is -0.260. The summed E-state index contributed by atoms with van der Waals surface area (Å²) < 4.78 is 0. The molecular weight excluding hydrogens is 84.1 g/mol. The molecule has 0 aromatic carbocycles. The van der Waals surface area contributed by atoms with Crippen molar-refractivity contribution < 1.29 is 0 Å². The Morgan fingerprint density at radius 1 is 1.00 bits per heavy atom. The molecule has 0 amide bonds. The summed E-state index contributed by atoms with van der Waals surface area (Å²) in [5.41, 5.74) is 0. The van der Waals surface area contributed by atoms with Gasteiger partial charge >= 0.3 is 0 Å². The summed E-state index contributed by atoms with van der Waals surface area (Å²) in [5, 5.41) is 0. The summed E-state index contributed by atoms with van der Waals surface area (Å²) in [6, 6.07) is 0. The quantitative estimate of drug-likeness (QED) is 0.410. The van der Waals surface area contributed by atoms with Gasteiger partial charge in [0.05, 0.1) is 0 Å². The summed E-state index contributed by atoms with van der Waals surface area (Å²) in [6.07, 6.45) is 7.00. The van der Waals surface area contributed by atoms with Crippen LogP contribution in [-0.4, -0.2) is 0 Å². The Morgan fingerprint density at radius 2 is 1.14 bits per heavy atom. The molecule has 0 aromatic heterocycles. The van der Waals surface area contributed by atoms with Crippen molar-refractivity contribution in [2.24, 2.45) is 0 Å². The van der Waals surface area contributed by atoms with Crippen LogP contribution in [0.5, 0.6) is 0 Å². The molecule has 0 bridgehead atoms. The van der Waals surface area contributed by atoms with Crippen molar-refractivity contribution in [1.82, 2.24) is 0 Å². The minimum atomic E-state index is 0. The molecule has 0 aromatic rings. The van der Waals surface area contributed by atoms with E-state index in [1.807, 2.05) is 13.8 Å². The molecule has 44 valence electrons. The van der Waals surface area contributed by atoms with E-state index in [1.165, 1.54) is 12.8 Å². The van der Waals surface area contributed by atoms with Gasteiger partial charge in [0.1, 0.15) is 0 Å². The van der Waals surface area contributed by atoms with Crippen molar-refractivity contribution >= 4 is 0 Å². The molecule has 1 aliphatic rings. The fourth-order valence-electron chi connectivity index (χ4n) is 0.167. The molecule has 0 N–H and O–H groups in total. The normalized spacial score (nSPS) is 12.3. The van der Waals surface area contributed by atoms with Crippen LogP contribution in [0.3, 0.4) is 0 Å². The Kier molecular flexibility index (Phi) is 13.0. The second kappa shape index (κ2) is 9.22. The first-order chi connectivity index (χ1) is 3.00. The van der Waals surface area contributed by atoms with E-state index in [2.05, 4.69) is 12.2 Å². The lowest BCUT2D eigenvalue weighted by Gasteiger charge is -1.92. The Morgan fingerprint density at radius 3 is 1.14 bits per heavy atom. The SMILES string of the molecule is C.C1=CCC1.CC. The molecule has 0 atom stereocenters. The molecule has 0 heterocycles. The van der Waals surface area contributed by atoms with Gasteiger partial charge in [-0.1, -0.05) is 33.4 Å². The molecule has 7 heavy (non-hydrogen) atoms. The number of allylic oxidation sites excluding steroid dienone is 2. The zero-order valence-electron chi connectivity index (χ0n) is 4.57. The van der Waals surface area contributed by atoms with E-state index >= 15 is 0 Å². The number of hydrogen-bond donors (Lipinski definition) is 0. The standard InChI is InChI=1S/C4H6.C2H6.CH4/c1-2-4-3-1;1-2;/h1-2H,3-4H2;1-2H3;1H4. The molecule has 0 saturated heterocycles. The predicted molar refractivity (Wildman–Crippen MR) is 36.5 cm³/mol. The average molecular weight is 100 g/mol. The highest BCUT2D eigenvalue weighted by molar-refractivity contribution is 4.92. The van der Waals surface area contributed by atoms with Crippen molar-refractivity contribution in [2.45, 2.75) is 34.1 Å². The third-order valence-electron chi connectivity index (χ3n) is 0.667. The maximum Gasteiger partial charge on any atom is -0.0316 e. The summed E-state index contributed by atoms with van der Waals surface area (Å²) in [5.74, 6) is 0. The lowest BCUT2D eigenvalue weighted by atomic mass is 10.1. The summed E-state index contributed by atoms with van der Waals surface area (Å²) in [6.45, 7) is 4.00. The van der Waals surface area contributed by atoms with Gasteiger partial charge in [-0.25, -0.2) is 0 Å². The van der Waals surface area contributed by atoms with Gasteiger partial charge in [-0.05, 0) is 12.8 Å². The van der Waals surface area contributed by atoms with Crippen LogP contribution < -0.4 is 0 Å². The molecule has 0 radical (unpaired) electrons. The molecule has 0 saturated carbocycles. The number of hydrogen-bond acceptors (Lipinski definition) is 0. The molecule has 0 spiro atoms. The van der Waals surface area contributed by atoms with Gasteiger partial charge in [0.25, 0.3) is 0 Å². The van der Waals surface area contributed by atoms with E-state index in [0.29, 0.717) is 0 Å². The van der Waals surface area contributed by atoms with Gasteiger partial charge in [-0.15, -0.1) is 0 Å². The maximum atomic E-state index is 2.18. The van der Waals surface area contributed by atoms with Crippen LogP contribution in [0.25, 0.3) is 0 Å². The van der Waals surface area contributed by atoms with Gasteiger partial charge in [-0.2, -0.15) is 0 Å². The van der Waals surface area contributed by atoms with Gasteiger partial charge in [0.2, 0.25) is 0 Å². The maximum absolute atomic E-state index is 2.18. The van der Waals surface area contributed by atoms with Crippen LogP contribution in [0.2, 0.25) is 0 Å². The zero-order valence-corrected chi connectivity index (χ0v) is 4.57. The largest absolute Gasteiger partial charge is 0.0882 e. The van der Waals surface area contributed by atoms with E-state index in [9.17, 15) is 0 Å². The van der Waals surface area contributed by atoms with Crippen molar-refractivity contribution in [3.05, 3.63) is 12.2 Å². The topological polar surface area (TPSA) is 0 Å². The van der Waals surface area contributed by atoms with Gasteiger partial charge in [-0.3, -0.25) is 0 Å². The molecular formula is C7H16. The first-order valence-corrected chi connectivity index (χ1v) is 2.65. The van der Waals surface area contributed by atoms with Crippen LogP contribution >= 0.6 is 0 Å². The molecule has 0 nitrogen and oxygen atoms in total. The molecule has 1 rings (SSSR count). The second-order valence-electron chi connectivity index (χ2n) is 1.05. The van der Waals surface area contributed by atoms with Crippen molar-refractivity contribution in [3.8, 4) is 0 Å². The monoisotopic (exact) mass is 100 g/mol. The lowest BCUT2D eigenvalue weighted by Crippen LogP contribution is -1.71. The first-order valence-electron chi connectivity index (χ1n) is 2.65. The Balaban J connectivity index is 0. The van der Waals surface area contributed by atoms with Gasteiger partial charge < -0.3 is 0 Å². The van der Waals surface area contributed by atoms with Crippen LogP contribution in [-0.2, 0) is 0 Å². The minimum absolute atomic E-state index is 0. The van der Waals surface area contributed by atoms with Crippen LogP contribution in [0.1, 0.15) is 34.1 Å². The molecule has 0 fully saturated rings. The van der Waals surface area contributed by atoms with Crippen LogP contribution in [0.4, 0.5) is 0 Å². The van der Waals surface area contributed by atoms with E-state index < -0.39 is 0 Å². The highest BCUT2D eigenvalue weighted by atomic mass is 13.9. The van der Waals surface area contributed by atoms with E-state index in [1.54, 1.807) is 0 Å². The Bertz CT molecular complexity index is 29.3. The van der Waals surface area contributed by atoms with Gasteiger partial charge in [0, 0.05) is 0 Å². The van der Waals surface area contributed by atoms with Crippen molar-refractivity contribution in [3.63, 3.8) is 0 Å². The van der Waals surface area contributed by atoms with Crippen molar-refractivity contribution in [1.29, 1.82) is 0 Å². The lowest BCUT2D eigenvalue weighted by molar-refractivity contribution is 0.962. The number of rotatable bonds is 0. The minimum Gasteiger partial charge on any atom is -0.0882 e. The Labute approximate surface area is 47.2 Å². The summed E-state index contributed by atoms with van der Waals surface area (Å²) in [4.78, 5) is 0. The predicted octanol–water partition coefficient (Wildman–Crippen LogP) is 3.00. The smallest absolute Gasteiger partial charge is 0.0316 e. The third-order valence-corrected chi connectivity index (χ3v) is 0.667. The molecule has 0 heteroatoms.